The molecule has 0 atom stereocenters. The summed E-state index contributed by atoms with van der Waals surface area (Å²) >= 11 is 0. The number of benzene rings is 7. The molecule has 10 rings (SSSR count). The zero-order chi connectivity index (χ0) is 37.3. The van der Waals surface area contributed by atoms with Crippen molar-refractivity contribution < 1.29 is 0 Å². The van der Waals surface area contributed by atoms with E-state index in [0.717, 1.165) is 94.7 Å². The number of nitrogens with zero attached hydrogens (tertiary/aromatic N) is 3. The molecular weight excluding hydrogens is 679 g/mol. The largest absolute Gasteiger partial charge is 0.248 e. The van der Waals surface area contributed by atoms with Crippen molar-refractivity contribution in [2.45, 2.75) is 0 Å². The second kappa shape index (κ2) is 14.4. The van der Waals surface area contributed by atoms with E-state index in [2.05, 4.69) is 200 Å². The first kappa shape index (κ1) is 33.1. The van der Waals surface area contributed by atoms with E-state index in [-0.39, 0.29) is 0 Å². The molecule has 0 unspecified atom stereocenters. The Morgan fingerprint density at radius 2 is 0.625 bits per heavy atom. The summed E-state index contributed by atoms with van der Waals surface area (Å²) in [7, 11) is 0. The van der Waals surface area contributed by atoms with Gasteiger partial charge in [0.05, 0.1) is 33.8 Å². The molecule has 262 valence electrons. The van der Waals surface area contributed by atoms with E-state index in [4.69, 9.17) is 15.0 Å². The van der Waals surface area contributed by atoms with Gasteiger partial charge >= 0.3 is 0 Å². The molecule has 0 radical (unpaired) electrons. The van der Waals surface area contributed by atoms with Crippen LogP contribution in [-0.4, -0.2) is 15.0 Å². The van der Waals surface area contributed by atoms with Crippen molar-refractivity contribution in [1.82, 2.24) is 15.0 Å². The predicted molar refractivity (Wildman–Crippen MR) is 233 cm³/mol. The minimum absolute atomic E-state index is 0.898. The average molecular weight is 714 g/mol. The first-order valence-corrected chi connectivity index (χ1v) is 18.9. The minimum atomic E-state index is 0.898. The Balaban J connectivity index is 0.990. The molecule has 0 fully saturated rings. The molecular formula is C53H35N3. The predicted octanol–water partition coefficient (Wildman–Crippen LogP) is 13.8. The molecule has 0 saturated carbocycles. The van der Waals surface area contributed by atoms with Crippen molar-refractivity contribution in [3.63, 3.8) is 0 Å². The van der Waals surface area contributed by atoms with Crippen molar-refractivity contribution in [3.05, 3.63) is 212 Å². The van der Waals surface area contributed by atoms with Gasteiger partial charge in [-0.05, 0) is 57.6 Å². The van der Waals surface area contributed by atoms with E-state index >= 15 is 0 Å². The van der Waals surface area contributed by atoms with Gasteiger partial charge < -0.3 is 0 Å². The second-order valence-corrected chi connectivity index (χ2v) is 14.0. The normalized spacial score (nSPS) is 11.2. The van der Waals surface area contributed by atoms with Crippen molar-refractivity contribution >= 4 is 21.8 Å². The molecule has 0 amide bonds. The highest BCUT2D eigenvalue weighted by atomic mass is 14.8. The third kappa shape index (κ3) is 6.42. The van der Waals surface area contributed by atoms with Gasteiger partial charge in [-0.2, -0.15) is 0 Å². The quantitative estimate of drug-likeness (QED) is 0.154. The SMILES string of the molecule is c1ccc(-c2cc(-c3ccccc3)nc(-c3ccc(-c4ccc(-c5ccc6ccc7c(-c8ccccc8)cc(-c8ccccc8)nc7c6n5)cc4)cc3)c2)cc1. The smallest absolute Gasteiger partial charge is 0.0978 e. The number of rotatable bonds is 7. The van der Waals surface area contributed by atoms with Crippen molar-refractivity contribution in [2.24, 2.45) is 0 Å². The highest BCUT2D eigenvalue weighted by Gasteiger charge is 2.15. The van der Waals surface area contributed by atoms with Gasteiger partial charge in [0.2, 0.25) is 0 Å². The van der Waals surface area contributed by atoms with Gasteiger partial charge in [0.25, 0.3) is 0 Å². The average Bonchev–Trinajstić information content (AvgIpc) is 3.29. The minimum Gasteiger partial charge on any atom is -0.248 e. The molecule has 0 aliphatic heterocycles. The van der Waals surface area contributed by atoms with Crippen LogP contribution in [0.4, 0.5) is 0 Å². The Hall–Kier alpha value is -7.49. The van der Waals surface area contributed by atoms with Crippen LogP contribution in [0.5, 0.6) is 0 Å². The summed E-state index contributed by atoms with van der Waals surface area (Å²) in [6.45, 7) is 0. The van der Waals surface area contributed by atoms with E-state index in [1.165, 1.54) is 5.56 Å². The molecule has 0 aliphatic rings. The number of aromatic nitrogens is 3. The molecule has 7 aromatic carbocycles. The van der Waals surface area contributed by atoms with Gasteiger partial charge in [-0.1, -0.05) is 188 Å². The fourth-order valence-corrected chi connectivity index (χ4v) is 7.54. The summed E-state index contributed by atoms with van der Waals surface area (Å²) in [5, 5.41) is 2.15. The van der Waals surface area contributed by atoms with E-state index in [9.17, 15) is 0 Å². The van der Waals surface area contributed by atoms with Crippen LogP contribution in [0.15, 0.2) is 212 Å². The van der Waals surface area contributed by atoms with Crippen LogP contribution in [0, 0.1) is 0 Å². The number of hydrogen-bond donors (Lipinski definition) is 0. The molecule has 3 aromatic heterocycles. The molecule has 3 nitrogen and oxygen atoms in total. The molecule has 10 aromatic rings. The third-order valence-electron chi connectivity index (χ3n) is 10.5. The fourth-order valence-electron chi connectivity index (χ4n) is 7.54. The first-order valence-electron chi connectivity index (χ1n) is 18.9. The summed E-state index contributed by atoms with van der Waals surface area (Å²) < 4.78 is 0. The molecule has 3 heterocycles. The lowest BCUT2D eigenvalue weighted by Crippen LogP contribution is -1.93. The molecule has 0 bridgehead atoms. The lowest BCUT2D eigenvalue weighted by molar-refractivity contribution is 1.32. The summed E-state index contributed by atoms with van der Waals surface area (Å²) in [6.07, 6.45) is 0. The van der Waals surface area contributed by atoms with Crippen LogP contribution in [-0.2, 0) is 0 Å². The number of fused-ring (bicyclic) bond motifs is 3. The Morgan fingerprint density at radius 1 is 0.232 bits per heavy atom. The Kier molecular flexibility index (Phi) is 8.51. The van der Waals surface area contributed by atoms with Crippen LogP contribution in [0.3, 0.4) is 0 Å². The van der Waals surface area contributed by atoms with E-state index in [1.54, 1.807) is 0 Å². The number of hydrogen-bond acceptors (Lipinski definition) is 3. The monoisotopic (exact) mass is 713 g/mol. The van der Waals surface area contributed by atoms with Crippen molar-refractivity contribution in [2.75, 3.05) is 0 Å². The zero-order valence-corrected chi connectivity index (χ0v) is 30.5. The van der Waals surface area contributed by atoms with Gasteiger partial charge in [0, 0.05) is 33.0 Å². The van der Waals surface area contributed by atoms with Gasteiger partial charge in [-0.3, -0.25) is 0 Å². The molecule has 56 heavy (non-hydrogen) atoms. The Bertz CT molecular complexity index is 2900. The maximum Gasteiger partial charge on any atom is 0.0978 e. The van der Waals surface area contributed by atoms with Crippen LogP contribution in [0.2, 0.25) is 0 Å². The molecule has 0 aliphatic carbocycles. The van der Waals surface area contributed by atoms with Crippen molar-refractivity contribution in [3.8, 4) is 78.4 Å². The van der Waals surface area contributed by atoms with Gasteiger partial charge in [-0.15, -0.1) is 0 Å². The van der Waals surface area contributed by atoms with Gasteiger partial charge in [-0.25, -0.2) is 15.0 Å². The van der Waals surface area contributed by atoms with Crippen LogP contribution in [0.1, 0.15) is 0 Å². The zero-order valence-electron chi connectivity index (χ0n) is 30.5. The topological polar surface area (TPSA) is 38.7 Å². The maximum atomic E-state index is 5.28. The lowest BCUT2D eigenvalue weighted by atomic mass is 9.96. The van der Waals surface area contributed by atoms with Crippen molar-refractivity contribution in [1.29, 1.82) is 0 Å². The first-order chi connectivity index (χ1) is 27.7. The Morgan fingerprint density at radius 3 is 1.18 bits per heavy atom. The standard InChI is InChI=1S/C53H35N3/c1-5-13-36(14-6-1)45-33-49(40-17-9-3-10-18-40)54-50(34-45)43-27-23-38(24-28-43)37-21-25-42(26-22-37)48-32-30-44-29-31-46-47(39-15-7-2-8-16-39)35-51(41-19-11-4-12-20-41)56-53(46)52(44)55-48/h1-35H. The van der Waals surface area contributed by atoms with E-state index < -0.39 is 0 Å². The van der Waals surface area contributed by atoms with Crippen LogP contribution >= 0.6 is 0 Å². The molecule has 0 saturated heterocycles. The van der Waals surface area contributed by atoms with Gasteiger partial charge in [0.1, 0.15) is 0 Å². The van der Waals surface area contributed by atoms with E-state index in [0.29, 0.717) is 0 Å². The maximum absolute atomic E-state index is 5.28. The summed E-state index contributed by atoms with van der Waals surface area (Å²) in [5.74, 6) is 0. The van der Waals surface area contributed by atoms with Crippen LogP contribution in [0.25, 0.3) is 100 Å². The fraction of sp³-hybridized carbons (Fsp3) is 0. The highest BCUT2D eigenvalue weighted by Crippen LogP contribution is 2.37. The second-order valence-electron chi connectivity index (χ2n) is 14.0. The lowest BCUT2D eigenvalue weighted by Gasteiger charge is -2.13. The van der Waals surface area contributed by atoms with Crippen LogP contribution < -0.4 is 0 Å². The van der Waals surface area contributed by atoms with E-state index in [1.807, 2.05) is 12.1 Å². The van der Waals surface area contributed by atoms with Gasteiger partial charge in [0.15, 0.2) is 0 Å². The molecule has 3 heteroatoms. The number of pyridine rings is 3. The summed E-state index contributed by atoms with van der Waals surface area (Å²) in [6, 6.07) is 74.4. The molecule has 0 spiro atoms. The highest BCUT2D eigenvalue weighted by molar-refractivity contribution is 6.09. The Labute approximate surface area is 326 Å². The summed E-state index contributed by atoms with van der Waals surface area (Å²) in [5.41, 5.74) is 16.8. The third-order valence-corrected chi connectivity index (χ3v) is 10.5. The summed E-state index contributed by atoms with van der Waals surface area (Å²) in [4.78, 5) is 15.6. The molecule has 0 N–H and O–H groups in total.